The largest absolute Gasteiger partial charge is 0.469 e. The Morgan fingerprint density at radius 1 is 1.41 bits per heavy atom. The summed E-state index contributed by atoms with van der Waals surface area (Å²) in [7, 11) is 0. The van der Waals surface area contributed by atoms with Gasteiger partial charge in [0.05, 0.1) is 18.9 Å². The van der Waals surface area contributed by atoms with Crippen LogP contribution in [0.5, 0.6) is 5.88 Å². The van der Waals surface area contributed by atoms with Crippen LogP contribution in [0.15, 0.2) is 12.1 Å². The molecule has 1 aromatic rings. The van der Waals surface area contributed by atoms with Crippen LogP contribution in [0.1, 0.15) is 32.0 Å². The highest BCUT2D eigenvalue weighted by Crippen LogP contribution is 2.25. The number of nitrogens with zero attached hydrogens (tertiary/aromatic N) is 1. The van der Waals surface area contributed by atoms with E-state index in [0.717, 1.165) is 11.3 Å². The number of rotatable bonds is 3. The van der Waals surface area contributed by atoms with Gasteiger partial charge in [-0.3, -0.25) is 0 Å². The second-order valence-corrected chi connectivity index (χ2v) is 5.63. The lowest BCUT2D eigenvalue weighted by Gasteiger charge is -2.27. The third-order valence-corrected chi connectivity index (χ3v) is 2.99. The van der Waals surface area contributed by atoms with Crippen LogP contribution < -0.4 is 4.74 Å². The lowest BCUT2D eigenvalue weighted by molar-refractivity contribution is -0.0814. The molecule has 0 N–H and O–H groups in total. The minimum Gasteiger partial charge on any atom is -0.469 e. The quantitative estimate of drug-likeness (QED) is 0.779. The average molecular weight is 256 g/mol. The molecule has 0 saturated carbocycles. The van der Waals surface area contributed by atoms with Gasteiger partial charge in [-0.2, -0.15) is 0 Å². The Kier molecular flexibility index (Phi) is 3.59. The van der Waals surface area contributed by atoms with Gasteiger partial charge in [-0.15, -0.1) is 11.6 Å². The molecular formula is C13H18ClNO2. The van der Waals surface area contributed by atoms with Gasteiger partial charge >= 0.3 is 0 Å². The molecule has 0 bridgehead atoms. The Balaban J connectivity index is 2.24. The Hall–Kier alpha value is -0.800. The zero-order valence-corrected chi connectivity index (χ0v) is 11.3. The molecule has 2 heterocycles. The standard InChI is InChI=1S/C13H18ClNO2/c1-13(2,3)11-4-9(6-14)5-12(15-11)17-10-7-16-8-10/h4-5,10H,6-8H2,1-3H3. The normalized spacial score (nSPS) is 16.7. The van der Waals surface area contributed by atoms with Gasteiger partial charge < -0.3 is 9.47 Å². The SMILES string of the molecule is CC(C)(C)c1cc(CCl)cc(OC2COC2)n1. The van der Waals surface area contributed by atoms with Crippen LogP contribution in [0.25, 0.3) is 0 Å². The monoisotopic (exact) mass is 255 g/mol. The summed E-state index contributed by atoms with van der Waals surface area (Å²) in [6.07, 6.45) is 0.140. The lowest BCUT2D eigenvalue weighted by Crippen LogP contribution is -2.38. The van der Waals surface area contributed by atoms with Crippen molar-refractivity contribution in [2.24, 2.45) is 0 Å². The Morgan fingerprint density at radius 3 is 2.59 bits per heavy atom. The maximum absolute atomic E-state index is 5.90. The zero-order valence-electron chi connectivity index (χ0n) is 10.5. The van der Waals surface area contributed by atoms with Crippen LogP contribution >= 0.6 is 11.6 Å². The van der Waals surface area contributed by atoms with Gasteiger partial charge in [-0.1, -0.05) is 20.8 Å². The number of pyridine rings is 1. The number of halogens is 1. The summed E-state index contributed by atoms with van der Waals surface area (Å²) < 4.78 is 10.8. The predicted octanol–water partition coefficient (Wildman–Crippen LogP) is 2.90. The summed E-state index contributed by atoms with van der Waals surface area (Å²) in [6.45, 7) is 7.69. The van der Waals surface area contributed by atoms with Crippen LogP contribution in [-0.4, -0.2) is 24.3 Å². The van der Waals surface area contributed by atoms with Gasteiger partial charge in [-0.05, 0) is 11.6 Å². The predicted molar refractivity (Wildman–Crippen MR) is 67.7 cm³/mol. The highest BCUT2D eigenvalue weighted by atomic mass is 35.5. The van der Waals surface area contributed by atoms with Crippen molar-refractivity contribution in [3.8, 4) is 5.88 Å². The molecule has 0 radical (unpaired) electrons. The summed E-state index contributed by atoms with van der Waals surface area (Å²) in [5, 5.41) is 0. The van der Waals surface area contributed by atoms with E-state index in [-0.39, 0.29) is 11.5 Å². The first kappa shape index (κ1) is 12.7. The van der Waals surface area contributed by atoms with Crippen molar-refractivity contribution in [2.45, 2.75) is 38.2 Å². The van der Waals surface area contributed by atoms with Gasteiger partial charge in [0, 0.05) is 17.4 Å². The smallest absolute Gasteiger partial charge is 0.214 e. The van der Waals surface area contributed by atoms with Gasteiger partial charge in [-0.25, -0.2) is 4.98 Å². The minimum absolute atomic E-state index is 0.00368. The first-order chi connectivity index (χ1) is 7.99. The van der Waals surface area contributed by atoms with Crippen LogP contribution in [-0.2, 0) is 16.0 Å². The van der Waals surface area contributed by atoms with E-state index in [9.17, 15) is 0 Å². The molecule has 3 nitrogen and oxygen atoms in total. The lowest BCUT2D eigenvalue weighted by atomic mass is 9.91. The van der Waals surface area contributed by atoms with Gasteiger partial charge in [0.1, 0.15) is 6.10 Å². The van der Waals surface area contributed by atoms with E-state index in [1.807, 2.05) is 12.1 Å². The van der Waals surface area contributed by atoms with E-state index < -0.39 is 0 Å². The highest BCUT2D eigenvalue weighted by molar-refractivity contribution is 6.17. The summed E-state index contributed by atoms with van der Waals surface area (Å²) in [5.41, 5.74) is 2.05. The number of aromatic nitrogens is 1. The summed E-state index contributed by atoms with van der Waals surface area (Å²) in [4.78, 5) is 4.54. The van der Waals surface area contributed by atoms with E-state index in [1.165, 1.54) is 0 Å². The Labute approximate surface area is 107 Å². The molecule has 0 amide bonds. The van der Waals surface area contributed by atoms with Gasteiger partial charge in [0.2, 0.25) is 5.88 Å². The molecule has 1 aliphatic heterocycles. The summed E-state index contributed by atoms with van der Waals surface area (Å²) in [6, 6.07) is 3.94. The highest BCUT2D eigenvalue weighted by Gasteiger charge is 2.22. The Bertz CT molecular complexity index is 397. The van der Waals surface area contributed by atoms with Crippen molar-refractivity contribution in [1.82, 2.24) is 4.98 Å². The Morgan fingerprint density at radius 2 is 2.12 bits per heavy atom. The third kappa shape index (κ3) is 3.11. The second kappa shape index (κ2) is 4.83. The van der Waals surface area contributed by atoms with Crippen molar-refractivity contribution in [3.63, 3.8) is 0 Å². The molecule has 4 heteroatoms. The third-order valence-electron chi connectivity index (χ3n) is 2.68. The van der Waals surface area contributed by atoms with E-state index in [1.54, 1.807) is 0 Å². The maximum atomic E-state index is 5.90. The number of alkyl halides is 1. The van der Waals surface area contributed by atoms with E-state index >= 15 is 0 Å². The molecule has 2 rings (SSSR count). The first-order valence-electron chi connectivity index (χ1n) is 5.81. The number of ether oxygens (including phenoxy) is 2. The fraction of sp³-hybridized carbons (Fsp3) is 0.615. The van der Waals surface area contributed by atoms with Crippen LogP contribution in [0.4, 0.5) is 0 Å². The van der Waals surface area contributed by atoms with Crippen molar-refractivity contribution in [3.05, 3.63) is 23.4 Å². The average Bonchev–Trinajstić information content (AvgIpc) is 2.22. The minimum atomic E-state index is -0.00368. The molecule has 1 aromatic heterocycles. The van der Waals surface area contributed by atoms with Gasteiger partial charge in [0.15, 0.2) is 0 Å². The molecular weight excluding hydrogens is 238 g/mol. The molecule has 0 aromatic carbocycles. The van der Waals surface area contributed by atoms with E-state index in [0.29, 0.717) is 25.0 Å². The fourth-order valence-electron chi connectivity index (χ4n) is 1.53. The maximum Gasteiger partial charge on any atom is 0.214 e. The van der Waals surface area contributed by atoms with Crippen molar-refractivity contribution in [2.75, 3.05) is 13.2 Å². The molecule has 0 spiro atoms. The molecule has 0 aliphatic carbocycles. The van der Waals surface area contributed by atoms with Crippen LogP contribution in [0.3, 0.4) is 0 Å². The summed E-state index contributed by atoms with van der Waals surface area (Å²) in [5.74, 6) is 1.13. The molecule has 94 valence electrons. The van der Waals surface area contributed by atoms with Crippen molar-refractivity contribution < 1.29 is 9.47 Å². The van der Waals surface area contributed by atoms with Crippen LogP contribution in [0.2, 0.25) is 0 Å². The molecule has 1 saturated heterocycles. The van der Waals surface area contributed by atoms with E-state index in [2.05, 4.69) is 25.8 Å². The molecule has 17 heavy (non-hydrogen) atoms. The van der Waals surface area contributed by atoms with Crippen molar-refractivity contribution in [1.29, 1.82) is 0 Å². The zero-order chi connectivity index (χ0) is 12.5. The first-order valence-corrected chi connectivity index (χ1v) is 6.34. The fourth-order valence-corrected chi connectivity index (χ4v) is 1.69. The van der Waals surface area contributed by atoms with Crippen LogP contribution in [0, 0.1) is 0 Å². The molecule has 1 fully saturated rings. The molecule has 1 aliphatic rings. The van der Waals surface area contributed by atoms with Crippen molar-refractivity contribution >= 4 is 11.6 Å². The molecule has 0 unspecified atom stereocenters. The number of hydrogen-bond donors (Lipinski definition) is 0. The topological polar surface area (TPSA) is 31.4 Å². The molecule has 0 atom stereocenters. The van der Waals surface area contributed by atoms with Gasteiger partial charge in [0.25, 0.3) is 0 Å². The summed E-state index contributed by atoms with van der Waals surface area (Å²) >= 11 is 5.90. The van der Waals surface area contributed by atoms with E-state index in [4.69, 9.17) is 21.1 Å². The number of hydrogen-bond acceptors (Lipinski definition) is 3. The second-order valence-electron chi connectivity index (χ2n) is 5.36.